The van der Waals surface area contributed by atoms with Crippen LogP contribution in [-0.4, -0.2) is 26.7 Å². The third-order valence-corrected chi connectivity index (χ3v) is 2.83. The number of halogens is 1. The summed E-state index contributed by atoms with van der Waals surface area (Å²) < 4.78 is 13.0. The molecule has 1 aromatic carbocycles. The number of rotatable bonds is 1. The third-order valence-electron chi connectivity index (χ3n) is 2.83. The Hall–Kier alpha value is -1.09. The van der Waals surface area contributed by atoms with Crippen LogP contribution in [0.3, 0.4) is 0 Å². The molecule has 2 nitrogen and oxygen atoms in total. The van der Waals surface area contributed by atoms with Crippen molar-refractivity contribution in [3.05, 3.63) is 29.6 Å². The van der Waals surface area contributed by atoms with Crippen LogP contribution in [0.2, 0.25) is 0 Å². The van der Waals surface area contributed by atoms with Gasteiger partial charge in [-0.15, -0.1) is 0 Å². The van der Waals surface area contributed by atoms with Gasteiger partial charge >= 0.3 is 0 Å². The largest absolute Gasteiger partial charge is 0.373 e. The quantitative estimate of drug-likeness (QED) is 0.727. The number of hydrogen-bond donors (Lipinski definition) is 1. The van der Waals surface area contributed by atoms with Crippen molar-refractivity contribution in [3.63, 3.8) is 0 Å². The first-order chi connectivity index (χ1) is 6.70. The zero-order chi connectivity index (χ0) is 10.1. The van der Waals surface area contributed by atoms with Crippen LogP contribution in [0.15, 0.2) is 18.2 Å². The number of likely N-dealkylation sites (N-methyl/N-ethyl adjacent to an activating group) is 2. The van der Waals surface area contributed by atoms with Crippen molar-refractivity contribution < 1.29 is 4.39 Å². The standard InChI is InChI=1S/C11H15FN2/c1-13-10-5-8-3-4-9(12)6-11(8)14(2)7-10/h3-4,6,10,13H,5,7H2,1-2H3. The zero-order valence-corrected chi connectivity index (χ0v) is 8.55. The lowest BCUT2D eigenvalue weighted by Gasteiger charge is -2.33. The van der Waals surface area contributed by atoms with Crippen LogP contribution >= 0.6 is 0 Å². The van der Waals surface area contributed by atoms with E-state index in [1.807, 2.05) is 20.2 Å². The van der Waals surface area contributed by atoms with Crippen molar-refractivity contribution in [2.24, 2.45) is 0 Å². The molecule has 0 aromatic heterocycles. The molecule has 0 spiro atoms. The van der Waals surface area contributed by atoms with Gasteiger partial charge in [-0.1, -0.05) is 6.07 Å². The van der Waals surface area contributed by atoms with Gasteiger partial charge in [0.1, 0.15) is 5.82 Å². The smallest absolute Gasteiger partial charge is 0.125 e. The Kier molecular flexibility index (Phi) is 2.42. The van der Waals surface area contributed by atoms with Crippen LogP contribution in [0.25, 0.3) is 0 Å². The van der Waals surface area contributed by atoms with Gasteiger partial charge in [-0.25, -0.2) is 4.39 Å². The second-order valence-electron chi connectivity index (χ2n) is 3.84. The molecule has 2 rings (SSSR count). The van der Waals surface area contributed by atoms with E-state index in [9.17, 15) is 4.39 Å². The molecule has 76 valence electrons. The van der Waals surface area contributed by atoms with Crippen molar-refractivity contribution >= 4 is 5.69 Å². The Morgan fingerprint density at radius 1 is 1.50 bits per heavy atom. The molecule has 1 aromatic rings. The van der Waals surface area contributed by atoms with Gasteiger partial charge in [-0.05, 0) is 31.2 Å². The molecule has 0 saturated carbocycles. The molecule has 1 heterocycles. The highest BCUT2D eigenvalue weighted by molar-refractivity contribution is 5.55. The van der Waals surface area contributed by atoms with Gasteiger partial charge in [0.15, 0.2) is 0 Å². The zero-order valence-electron chi connectivity index (χ0n) is 8.55. The van der Waals surface area contributed by atoms with E-state index in [4.69, 9.17) is 0 Å². The monoisotopic (exact) mass is 194 g/mol. The lowest BCUT2D eigenvalue weighted by atomic mass is 9.98. The van der Waals surface area contributed by atoms with E-state index in [0.717, 1.165) is 18.7 Å². The van der Waals surface area contributed by atoms with E-state index in [1.54, 1.807) is 6.07 Å². The third kappa shape index (κ3) is 1.60. The molecule has 1 aliphatic heterocycles. The summed E-state index contributed by atoms with van der Waals surface area (Å²) in [7, 11) is 3.97. The van der Waals surface area contributed by atoms with E-state index >= 15 is 0 Å². The van der Waals surface area contributed by atoms with Crippen molar-refractivity contribution in [2.75, 3.05) is 25.5 Å². The second kappa shape index (κ2) is 3.58. The van der Waals surface area contributed by atoms with Crippen LogP contribution in [-0.2, 0) is 6.42 Å². The molecule has 14 heavy (non-hydrogen) atoms. The average molecular weight is 194 g/mol. The molecular weight excluding hydrogens is 179 g/mol. The molecule has 0 bridgehead atoms. The normalized spacial score (nSPS) is 20.8. The summed E-state index contributed by atoms with van der Waals surface area (Å²) in [6.45, 7) is 0.937. The summed E-state index contributed by atoms with van der Waals surface area (Å²) in [5.74, 6) is -0.154. The van der Waals surface area contributed by atoms with Crippen molar-refractivity contribution in [1.82, 2.24) is 5.32 Å². The molecule has 1 atom stereocenters. The SMILES string of the molecule is CNC1Cc2ccc(F)cc2N(C)C1. The Labute approximate surface area is 83.7 Å². The van der Waals surface area contributed by atoms with E-state index in [-0.39, 0.29) is 5.82 Å². The second-order valence-corrected chi connectivity index (χ2v) is 3.84. The molecule has 1 aliphatic rings. The molecule has 1 N–H and O–H groups in total. The molecule has 3 heteroatoms. The number of nitrogens with one attached hydrogen (secondary N) is 1. The topological polar surface area (TPSA) is 15.3 Å². The summed E-state index contributed by atoms with van der Waals surface area (Å²) in [6.07, 6.45) is 0.983. The highest BCUT2D eigenvalue weighted by Crippen LogP contribution is 2.26. The van der Waals surface area contributed by atoms with Crippen LogP contribution < -0.4 is 10.2 Å². The van der Waals surface area contributed by atoms with Crippen molar-refractivity contribution in [2.45, 2.75) is 12.5 Å². The Morgan fingerprint density at radius 3 is 3.00 bits per heavy atom. The lowest BCUT2D eigenvalue weighted by Crippen LogP contribution is -2.43. The highest BCUT2D eigenvalue weighted by Gasteiger charge is 2.20. The summed E-state index contributed by atoms with van der Waals surface area (Å²) in [4.78, 5) is 2.10. The molecule has 1 unspecified atom stereocenters. The Bertz CT molecular complexity index is 338. The summed E-state index contributed by atoms with van der Waals surface area (Å²) >= 11 is 0. The first kappa shape index (κ1) is 9.46. The highest BCUT2D eigenvalue weighted by atomic mass is 19.1. The van der Waals surface area contributed by atoms with Gasteiger partial charge in [-0.2, -0.15) is 0 Å². The average Bonchev–Trinajstić information content (AvgIpc) is 2.19. The van der Waals surface area contributed by atoms with Crippen LogP contribution in [0, 0.1) is 5.82 Å². The van der Waals surface area contributed by atoms with E-state index in [1.165, 1.54) is 11.6 Å². The van der Waals surface area contributed by atoms with Crippen LogP contribution in [0.4, 0.5) is 10.1 Å². The molecule has 0 saturated heterocycles. The summed E-state index contributed by atoms with van der Waals surface area (Å²) in [5.41, 5.74) is 2.25. The predicted molar refractivity (Wildman–Crippen MR) is 56.2 cm³/mol. The fourth-order valence-corrected chi connectivity index (χ4v) is 2.02. The van der Waals surface area contributed by atoms with Gasteiger partial charge in [-0.3, -0.25) is 0 Å². The maximum atomic E-state index is 13.0. The minimum Gasteiger partial charge on any atom is -0.373 e. The van der Waals surface area contributed by atoms with Gasteiger partial charge in [0.2, 0.25) is 0 Å². The molecule has 0 aliphatic carbocycles. The minimum atomic E-state index is -0.154. The molecule has 0 fully saturated rings. The van der Waals surface area contributed by atoms with Crippen molar-refractivity contribution in [1.29, 1.82) is 0 Å². The number of anilines is 1. The fourth-order valence-electron chi connectivity index (χ4n) is 2.02. The lowest BCUT2D eigenvalue weighted by molar-refractivity contribution is 0.534. The van der Waals surface area contributed by atoms with Gasteiger partial charge in [0, 0.05) is 25.3 Å². The first-order valence-electron chi connectivity index (χ1n) is 4.87. The number of hydrogen-bond acceptors (Lipinski definition) is 2. The number of benzene rings is 1. The minimum absolute atomic E-state index is 0.154. The van der Waals surface area contributed by atoms with Crippen molar-refractivity contribution in [3.8, 4) is 0 Å². The van der Waals surface area contributed by atoms with Gasteiger partial charge in [0.25, 0.3) is 0 Å². The molecule has 0 amide bonds. The Morgan fingerprint density at radius 2 is 2.29 bits per heavy atom. The van der Waals surface area contributed by atoms with E-state index in [0.29, 0.717) is 6.04 Å². The number of fused-ring (bicyclic) bond motifs is 1. The van der Waals surface area contributed by atoms with Gasteiger partial charge < -0.3 is 10.2 Å². The van der Waals surface area contributed by atoms with Gasteiger partial charge in [0.05, 0.1) is 0 Å². The number of nitrogens with zero attached hydrogens (tertiary/aromatic N) is 1. The van der Waals surface area contributed by atoms with E-state index in [2.05, 4.69) is 10.2 Å². The summed E-state index contributed by atoms with van der Waals surface area (Å²) in [5, 5.41) is 3.25. The predicted octanol–water partition coefficient (Wildman–Crippen LogP) is 1.41. The van der Waals surface area contributed by atoms with Crippen LogP contribution in [0.1, 0.15) is 5.56 Å². The molecule has 0 radical (unpaired) electrons. The molecular formula is C11H15FN2. The maximum Gasteiger partial charge on any atom is 0.125 e. The van der Waals surface area contributed by atoms with E-state index < -0.39 is 0 Å². The maximum absolute atomic E-state index is 13.0. The first-order valence-corrected chi connectivity index (χ1v) is 4.87. The Balaban J connectivity index is 2.35. The fraction of sp³-hybridized carbons (Fsp3) is 0.455. The van der Waals surface area contributed by atoms with Crippen LogP contribution in [0.5, 0.6) is 0 Å². The summed E-state index contributed by atoms with van der Waals surface area (Å²) in [6, 6.07) is 5.49.